The first-order valence-corrected chi connectivity index (χ1v) is 8.48. The average molecular weight is 398 g/mol. The van der Waals surface area contributed by atoms with Crippen molar-refractivity contribution in [1.82, 2.24) is 14.1 Å². The molecule has 0 unspecified atom stereocenters. The summed E-state index contributed by atoms with van der Waals surface area (Å²) in [5.41, 5.74) is -0.477. The van der Waals surface area contributed by atoms with Gasteiger partial charge in [-0.3, -0.25) is 14.2 Å². The molecule has 29 heavy (non-hydrogen) atoms. The van der Waals surface area contributed by atoms with Crippen molar-refractivity contribution in [3.05, 3.63) is 62.9 Å². The molecule has 0 fully saturated rings. The number of methoxy groups -OCH3 is 2. The van der Waals surface area contributed by atoms with Gasteiger partial charge in [0, 0.05) is 18.9 Å². The van der Waals surface area contributed by atoms with E-state index in [0.29, 0.717) is 11.3 Å². The molecule has 10 nitrogen and oxygen atoms in total. The molecule has 0 atom stereocenters. The smallest absolute Gasteiger partial charge is 0.337 e. The summed E-state index contributed by atoms with van der Waals surface area (Å²) >= 11 is 0. The molecule has 0 radical (unpaired) electrons. The van der Waals surface area contributed by atoms with E-state index in [0.717, 1.165) is 4.57 Å². The van der Waals surface area contributed by atoms with E-state index in [9.17, 15) is 19.2 Å². The highest BCUT2D eigenvalue weighted by molar-refractivity contribution is 5.93. The monoisotopic (exact) mass is 398 g/mol. The fourth-order valence-corrected chi connectivity index (χ4v) is 2.84. The van der Waals surface area contributed by atoms with Crippen molar-refractivity contribution in [3.63, 3.8) is 0 Å². The Morgan fingerprint density at radius 2 is 1.79 bits per heavy atom. The number of carbonyl (C=O) groups is 2. The van der Waals surface area contributed by atoms with E-state index in [2.05, 4.69) is 15.0 Å². The van der Waals surface area contributed by atoms with Gasteiger partial charge in [-0.1, -0.05) is 0 Å². The van der Waals surface area contributed by atoms with E-state index < -0.39 is 29.7 Å². The molecule has 2 aromatic heterocycles. The third-order valence-corrected chi connectivity index (χ3v) is 4.30. The van der Waals surface area contributed by atoms with Crippen LogP contribution in [0.4, 0.5) is 5.69 Å². The number of anilines is 1. The number of ether oxygens (including phenoxy) is 2. The Morgan fingerprint density at radius 3 is 2.41 bits per heavy atom. The lowest BCUT2D eigenvalue weighted by Crippen LogP contribution is -2.42. The number of nitrogens with zero attached hydrogens (tertiary/aromatic N) is 3. The van der Waals surface area contributed by atoms with Gasteiger partial charge >= 0.3 is 11.7 Å². The highest BCUT2D eigenvalue weighted by atomic mass is 16.5. The van der Waals surface area contributed by atoms with Crippen molar-refractivity contribution >= 4 is 28.6 Å². The maximum atomic E-state index is 12.8. The lowest BCUT2D eigenvalue weighted by Gasteiger charge is -2.12. The van der Waals surface area contributed by atoms with E-state index in [1.165, 1.54) is 62.4 Å². The first-order chi connectivity index (χ1) is 13.9. The summed E-state index contributed by atoms with van der Waals surface area (Å²) in [6.45, 7) is -0.502. The van der Waals surface area contributed by atoms with Crippen LogP contribution in [0.3, 0.4) is 0 Å². The minimum absolute atomic E-state index is 0.104. The summed E-state index contributed by atoms with van der Waals surface area (Å²) in [5, 5.41) is 2.68. The highest BCUT2D eigenvalue weighted by Gasteiger charge is 2.18. The summed E-state index contributed by atoms with van der Waals surface area (Å²) in [5.74, 6) is -0.836. The number of benzene rings is 1. The molecule has 3 aromatic rings. The van der Waals surface area contributed by atoms with Crippen molar-refractivity contribution in [2.45, 2.75) is 6.54 Å². The SMILES string of the molecule is COC(=O)c1ccc(NC(=O)Cn2c(=O)c3c(OC)ccnc3n(C)c2=O)cc1. The van der Waals surface area contributed by atoms with Gasteiger partial charge in [0.05, 0.1) is 19.8 Å². The number of fused-ring (bicyclic) bond motifs is 1. The number of hydrogen-bond acceptors (Lipinski definition) is 7. The van der Waals surface area contributed by atoms with E-state index >= 15 is 0 Å². The number of hydrogen-bond donors (Lipinski definition) is 1. The second-order valence-electron chi connectivity index (χ2n) is 6.06. The predicted molar refractivity (Wildman–Crippen MR) is 104 cm³/mol. The first kappa shape index (κ1) is 19.8. The molecule has 0 saturated heterocycles. The number of aromatic nitrogens is 3. The number of pyridine rings is 1. The van der Waals surface area contributed by atoms with Gasteiger partial charge in [0.25, 0.3) is 5.56 Å². The fourth-order valence-electron chi connectivity index (χ4n) is 2.84. The topological polar surface area (TPSA) is 122 Å². The standard InChI is InChI=1S/C19H18N4O6/c1-22-16-15(13(28-2)8-9-20-16)17(25)23(19(22)27)10-14(24)21-12-6-4-11(5-7-12)18(26)29-3/h4-9H,10H2,1-3H3,(H,21,24). The van der Waals surface area contributed by atoms with Crippen molar-refractivity contribution < 1.29 is 19.1 Å². The minimum Gasteiger partial charge on any atom is -0.496 e. The van der Waals surface area contributed by atoms with Crippen LogP contribution in [0.2, 0.25) is 0 Å². The molecule has 0 saturated carbocycles. The zero-order valence-corrected chi connectivity index (χ0v) is 16.0. The molecule has 150 valence electrons. The number of rotatable bonds is 5. The largest absolute Gasteiger partial charge is 0.496 e. The van der Waals surface area contributed by atoms with Crippen LogP contribution in [0.25, 0.3) is 11.0 Å². The number of carbonyl (C=O) groups excluding carboxylic acids is 2. The maximum absolute atomic E-state index is 12.8. The van der Waals surface area contributed by atoms with Crippen LogP contribution >= 0.6 is 0 Å². The minimum atomic E-state index is -0.681. The van der Waals surface area contributed by atoms with Gasteiger partial charge in [-0.15, -0.1) is 0 Å². The Hall–Kier alpha value is -3.95. The van der Waals surface area contributed by atoms with Crippen molar-refractivity contribution in [2.24, 2.45) is 7.05 Å². The molecule has 10 heteroatoms. The Bertz CT molecular complexity index is 1210. The predicted octanol–water partition coefficient (Wildman–Crippen LogP) is 0.529. The van der Waals surface area contributed by atoms with Crippen LogP contribution in [0, 0.1) is 0 Å². The molecule has 0 aliphatic carbocycles. The van der Waals surface area contributed by atoms with Crippen LogP contribution in [-0.4, -0.2) is 40.2 Å². The summed E-state index contributed by atoms with van der Waals surface area (Å²) in [6, 6.07) is 7.50. The highest BCUT2D eigenvalue weighted by Crippen LogP contribution is 2.18. The average Bonchev–Trinajstić information content (AvgIpc) is 2.74. The third kappa shape index (κ3) is 3.72. The second-order valence-corrected chi connectivity index (χ2v) is 6.06. The zero-order chi connectivity index (χ0) is 21.1. The van der Waals surface area contributed by atoms with E-state index in [-0.39, 0.29) is 16.8 Å². The molecule has 1 N–H and O–H groups in total. The lowest BCUT2D eigenvalue weighted by atomic mass is 10.2. The lowest BCUT2D eigenvalue weighted by molar-refractivity contribution is -0.116. The third-order valence-electron chi connectivity index (χ3n) is 4.30. The van der Waals surface area contributed by atoms with Gasteiger partial charge in [0.1, 0.15) is 17.7 Å². The van der Waals surface area contributed by atoms with E-state index in [1.54, 1.807) is 0 Å². The van der Waals surface area contributed by atoms with Gasteiger partial charge in [-0.05, 0) is 30.3 Å². The van der Waals surface area contributed by atoms with Crippen LogP contribution in [-0.2, 0) is 23.1 Å². The molecular weight excluding hydrogens is 380 g/mol. The number of nitrogens with one attached hydrogen (secondary N) is 1. The number of aryl methyl sites for hydroxylation is 1. The zero-order valence-electron chi connectivity index (χ0n) is 16.0. The second kappa shape index (κ2) is 7.97. The number of esters is 1. The van der Waals surface area contributed by atoms with Crippen molar-refractivity contribution in [2.75, 3.05) is 19.5 Å². The molecule has 1 aromatic carbocycles. The van der Waals surface area contributed by atoms with E-state index in [1.807, 2.05) is 0 Å². The van der Waals surface area contributed by atoms with Crippen LogP contribution in [0.15, 0.2) is 46.1 Å². The van der Waals surface area contributed by atoms with E-state index in [4.69, 9.17) is 4.74 Å². The number of amides is 1. The Balaban J connectivity index is 1.92. The Kier molecular flexibility index (Phi) is 5.44. The Labute approximate surface area is 164 Å². The summed E-state index contributed by atoms with van der Waals surface area (Å²) in [4.78, 5) is 53.3. The van der Waals surface area contributed by atoms with Gasteiger partial charge in [0.15, 0.2) is 5.65 Å². The van der Waals surface area contributed by atoms with Crippen LogP contribution < -0.4 is 21.3 Å². The molecule has 0 spiro atoms. The molecular formula is C19H18N4O6. The van der Waals surface area contributed by atoms with Crippen LogP contribution in [0.5, 0.6) is 5.75 Å². The van der Waals surface area contributed by atoms with Crippen molar-refractivity contribution in [1.29, 1.82) is 0 Å². The van der Waals surface area contributed by atoms with Gasteiger partial charge in [-0.2, -0.15) is 0 Å². The summed E-state index contributed by atoms with van der Waals surface area (Å²) < 4.78 is 11.8. The molecule has 0 bridgehead atoms. The maximum Gasteiger partial charge on any atom is 0.337 e. The van der Waals surface area contributed by atoms with Gasteiger partial charge in [0.2, 0.25) is 5.91 Å². The molecule has 0 aliphatic heterocycles. The summed E-state index contributed by atoms with van der Waals surface area (Å²) in [6.07, 6.45) is 1.43. The molecule has 1 amide bonds. The normalized spacial score (nSPS) is 10.6. The molecule has 3 rings (SSSR count). The summed E-state index contributed by atoms with van der Waals surface area (Å²) in [7, 11) is 4.12. The van der Waals surface area contributed by atoms with Crippen LogP contribution in [0.1, 0.15) is 10.4 Å². The van der Waals surface area contributed by atoms with Crippen molar-refractivity contribution in [3.8, 4) is 5.75 Å². The fraction of sp³-hybridized carbons (Fsp3) is 0.211. The van der Waals surface area contributed by atoms with Gasteiger partial charge in [-0.25, -0.2) is 19.1 Å². The quantitative estimate of drug-likeness (QED) is 0.622. The molecule has 2 heterocycles. The Morgan fingerprint density at radius 1 is 1.10 bits per heavy atom. The van der Waals surface area contributed by atoms with Gasteiger partial charge < -0.3 is 14.8 Å². The molecule has 0 aliphatic rings. The first-order valence-electron chi connectivity index (χ1n) is 8.48.